The van der Waals surface area contributed by atoms with Crippen LogP contribution in [0.2, 0.25) is 10.0 Å². The van der Waals surface area contributed by atoms with Crippen molar-refractivity contribution in [3.63, 3.8) is 0 Å². The Labute approximate surface area is 155 Å². The van der Waals surface area contributed by atoms with Crippen LogP contribution in [0.5, 0.6) is 5.75 Å². The molecule has 0 N–H and O–H groups in total. The Hall–Kier alpha value is -2.11. The first-order chi connectivity index (χ1) is 11.7. The van der Waals surface area contributed by atoms with E-state index in [0.717, 1.165) is 4.31 Å². The van der Waals surface area contributed by atoms with Gasteiger partial charge in [-0.05, 0) is 36.4 Å². The van der Waals surface area contributed by atoms with Gasteiger partial charge >= 0.3 is 5.97 Å². The lowest BCUT2D eigenvalue weighted by Gasteiger charge is -2.16. The zero-order valence-electron chi connectivity index (χ0n) is 12.9. The predicted octanol–water partition coefficient (Wildman–Crippen LogP) is 3.09. The molecule has 0 fully saturated rings. The fourth-order valence-corrected chi connectivity index (χ4v) is 3.26. The lowest BCUT2D eigenvalue weighted by molar-refractivity contribution is -0.134. The van der Waals surface area contributed by atoms with E-state index in [4.69, 9.17) is 33.2 Å². The maximum Gasteiger partial charge on any atom is 0.326 e. The summed E-state index contributed by atoms with van der Waals surface area (Å²) in [6.07, 6.45) is 0. The quantitative estimate of drug-likeness (QED) is 0.570. The number of ether oxygens (including phenoxy) is 1. The molecule has 0 aliphatic rings. The van der Waals surface area contributed by atoms with Gasteiger partial charge in [-0.25, -0.2) is 8.42 Å². The molecule has 0 radical (unpaired) electrons. The van der Waals surface area contributed by atoms with E-state index < -0.39 is 22.5 Å². The number of benzene rings is 2. The van der Waals surface area contributed by atoms with Crippen molar-refractivity contribution >= 4 is 39.2 Å². The number of nitriles is 1. The van der Waals surface area contributed by atoms with Gasteiger partial charge in [-0.2, -0.15) is 9.57 Å². The molecule has 0 aromatic heterocycles. The average Bonchev–Trinajstić information content (AvgIpc) is 2.58. The van der Waals surface area contributed by atoms with Crippen molar-refractivity contribution in [1.82, 2.24) is 4.31 Å². The third kappa shape index (κ3) is 4.71. The smallest absolute Gasteiger partial charge is 0.326 e. The molecule has 0 aliphatic carbocycles. The van der Waals surface area contributed by atoms with E-state index in [1.807, 2.05) is 6.07 Å². The van der Waals surface area contributed by atoms with Crippen LogP contribution < -0.4 is 4.74 Å². The highest BCUT2D eigenvalue weighted by Gasteiger charge is 2.23. The number of halogens is 2. The minimum Gasteiger partial charge on any atom is -0.425 e. The van der Waals surface area contributed by atoms with Gasteiger partial charge in [-0.15, -0.1) is 0 Å². The molecule has 130 valence electrons. The molecule has 0 spiro atoms. The van der Waals surface area contributed by atoms with Crippen LogP contribution in [-0.4, -0.2) is 32.3 Å². The summed E-state index contributed by atoms with van der Waals surface area (Å²) in [5.74, 6) is -0.623. The fraction of sp³-hybridized carbons (Fsp3) is 0.125. The summed E-state index contributed by atoms with van der Waals surface area (Å²) in [6.45, 7) is -0.497. The highest BCUT2D eigenvalue weighted by atomic mass is 35.5. The summed E-state index contributed by atoms with van der Waals surface area (Å²) in [6, 6.07) is 11.5. The summed E-state index contributed by atoms with van der Waals surface area (Å²) in [7, 11) is -2.64. The summed E-state index contributed by atoms with van der Waals surface area (Å²) < 4.78 is 30.7. The number of sulfonamides is 1. The van der Waals surface area contributed by atoms with Gasteiger partial charge < -0.3 is 4.74 Å². The van der Waals surface area contributed by atoms with Gasteiger partial charge in [-0.3, -0.25) is 4.79 Å². The SMILES string of the molecule is CN(CC(=O)Oc1ccc(Cl)c(Cl)c1)S(=O)(=O)c1ccc(C#N)cc1. The molecule has 0 saturated heterocycles. The van der Waals surface area contributed by atoms with Crippen molar-refractivity contribution < 1.29 is 17.9 Å². The lowest BCUT2D eigenvalue weighted by atomic mass is 10.2. The molecule has 0 amide bonds. The second-order valence-corrected chi connectivity index (χ2v) is 7.81. The Morgan fingerprint density at radius 3 is 2.36 bits per heavy atom. The van der Waals surface area contributed by atoms with Crippen LogP contribution in [0, 0.1) is 11.3 Å². The number of carbonyl (C=O) groups excluding carboxylic acids is 1. The molecular formula is C16H12Cl2N2O4S. The molecule has 2 rings (SSSR count). The Morgan fingerprint density at radius 2 is 1.80 bits per heavy atom. The van der Waals surface area contributed by atoms with Crippen LogP contribution in [-0.2, 0) is 14.8 Å². The van der Waals surface area contributed by atoms with Crippen molar-refractivity contribution in [2.75, 3.05) is 13.6 Å². The summed E-state index contributed by atoms with van der Waals surface area (Å²) in [5, 5.41) is 9.27. The van der Waals surface area contributed by atoms with Gasteiger partial charge in [0.05, 0.1) is 26.6 Å². The van der Waals surface area contributed by atoms with Crippen LogP contribution >= 0.6 is 23.2 Å². The van der Waals surface area contributed by atoms with Gasteiger partial charge in [0.2, 0.25) is 10.0 Å². The maximum atomic E-state index is 12.4. The van der Waals surface area contributed by atoms with E-state index in [9.17, 15) is 13.2 Å². The number of hydrogen-bond donors (Lipinski definition) is 0. The molecular weight excluding hydrogens is 387 g/mol. The number of hydrogen-bond acceptors (Lipinski definition) is 5. The molecule has 25 heavy (non-hydrogen) atoms. The van der Waals surface area contributed by atoms with Crippen molar-refractivity contribution in [2.24, 2.45) is 0 Å². The van der Waals surface area contributed by atoms with E-state index in [-0.39, 0.29) is 15.7 Å². The van der Waals surface area contributed by atoms with Crippen molar-refractivity contribution in [3.05, 3.63) is 58.1 Å². The van der Waals surface area contributed by atoms with E-state index in [1.54, 1.807) is 0 Å². The van der Waals surface area contributed by atoms with E-state index >= 15 is 0 Å². The molecule has 0 heterocycles. The number of nitrogens with zero attached hydrogens (tertiary/aromatic N) is 2. The second-order valence-electron chi connectivity index (χ2n) is 4.95. The summed E-state index contributed by atoms with van der Waals surface area (Å²) in [4.78, 5) is 11.9. The third-order valence-electron chi connectivity index (χ3n) is 3.17. The van der Waals surface area contributed by atoms with E-state index in [0.29, 0.717) is 10.6 Å². The number of esters is 1. The molecule has 0 aliphatic heterocycles. The lowest BCUT2D eigenvalue weighted by Crippen LogP contribution is -2.34. The monoisotopic (exact) mass is 398 g/mol. The standard InChI is InChI=1S/C16H12Cl2N2O4S/c1-20(25(22,23)13-5-2-11(9-19)3-6-13)10-16(21)24-12-4-7-14(17)15(18)8-12/h2-8H,10H2,1H3. The molecule has 2 aromatic rings. The first-order valence-electron chi connectivity index (χ1n) is 6.86. The molecule has 0 unspecified atom stereocenters. The normalized spacial score (nSPS) is 11.2. The van der Waals surface area contributed by atoms with Gasteiger partial charge in [-0.1, -0.05) is 23.2 Å². The van der Waals surface area contributed by atoms with Gasteiger partial charge in [0.25, 0.3) is 0 Å². The first-order valence-corrected chi connectivity index (χ1v) is 9.06. The summed E-state index contributed by atoms with van der Waals surface area (Å²) in [5.41, 5.74) is 0.334. The van der Waals surface area contributed by atoms with Crippen LogP contribution in [0.1, 0.15) is 5.56 Å². The maximum absolute atomic E-state index is 12.4. The second kappa shape index (κ2) is 7.85. The van der Waals surface area contributed by atoms with Crippen molar-refractivity contribution in [3.8, 4) is 11.8 Å². The average molecular weight is 399 g/mol. The molecule has 9 heteroatoms. The van der Waals surface area contributed by atoms with Crippen molar-refractivity contribution in [2.45, 2.75) is 4.90 Å². The molecule has 2 aromatic carbocycles. The minimum atomic E-state index is -3.89. The highest BCUT2D eigenvalue weighted by Crippen LogP contribution is 2.26. The van der Waals surface area contributed by atoms with Crippen LogP contribution in [0.15, 0.2) is 47.4 Å². The van der Waals surface area contributed by atoms with E-state index in [2.05, 4.69) is 0 Å². The largest absolute Gasteiger partial charge is 0.425 e. The van der Waals surface area contributed by atoms with Crippen LogP contribution in [0.4, 0.5) is 0 Å². The zero-order chi connectivity index (χ0) is 18.6. The van der Waals surface area contributed by atoms with E-state index in [1.165, 1.54) is 49.5 Å². The summed E-state index contributed by atoms with van der Waals surface area (Å²) >= 11 is 11.6. The van der Waals surface area contributed by atoms with Crippen LogP contribution in [0.3, 0.4) is 0 Å². The van der Waals surface area contributed by atoms with Crippen LogP contribution in [0.25, 0.3) is 0 Å². The predicted molar refractivity (Wildman–Crippen MR) is 93.1 cm³/mol. The minimum absolute atomic E-state index is 0.0312. The zero-order valence-corrected chi connectivity index (χ0v) is 15.3. The van der Waals surface area contributed by atoms with Gasteiger partial charge in [0, 0.05) is 13.1 Å². The Bertz CT molecular complexity index is 938. The Balaban J connectivity index is 2.08. The van der Waals surface area contributed by atoms with Crippen molar-refractivity contribution in [1.29, 1.82) is 5.26 Å². The number of carbonyl (C=O) groups is 1. The molecule has 0 saturated carbocycles. The Morgan fingerprint density at radius 1 is 1.16 bits per heavy atom. The number of likely N-dealkylation sites (N-methyl/N-ethyl adjacent to an activating group) is 1. The third-order valence-corrected chi connectivity index (χ3v) is 5.72. The molecule has 0 atom stereocenters. The number of rotatable bonds is 5. The first kappa shape index (κ1) is 19.2. The highest BCUT2D eigenvalue weighted by molar-refractivity contribution is 7.89. The Kier molecular flexibility index (Phi) is 6.03. The topological polar surface area (TPSA) is 87.5 Å². The van der Waals surface area contributed by atoms with Gasteiger partial charge in [0.15, 0.2) is 0 Å². The molecule has 6 nitrogen and oxygen atoms in total. The van der Waals surface area contributed by atoms with Gasteiger partial charge in [0.1, 0.15) is 12.3 Å². The fourth-order valence-electron chi connectivity index (χ4n) is 1.85. The molecule has 0 bridgehead atoms.